The molecule has 0 saturated carbocycles. The molecule has 0 aliphatic carbocycles. The van der Waals surface area contributed by atoms with E-state index in [1.165, 1.54) is 13.2 Å². The zero-order chi connectivity index (χ0) is 19.4. The smallest absolute Gasteiger partial charge is 0.409 e. The third kappa shape index (κ3) is 4.42. The topological polar surface area (TPSA) is 38.3 Å². The molecule has 0 radical (unpaired) electrons. The Morgan fingerprint density at radius 1 is 1.00 bits per heavy atom. The van der Waals surface area contributed by atoms with E-state index in [2.05, 4.69) is 5.32 Å². The molecular formula is C20H18F3NO2S. The van der Waals surface area contributed by atoms with Gasteiger partial charge in [0.05, 0.1) is 29.3 Å². The molecule has 1 unspecified atom stereocenters. The maximum absolute atomic E-state index is 13.6. The first-order chi connectivity index (χ1) is 12.9. The molecule has 0 spiro atoms. The second-order valence-electron chi connectivity index (χ2n) is 5.93. The van der Waals surface area contributed by atoms with Gasteiger partial charge in [0.25, 0.3) is 0 Å². The maximum atomic E-state index is 13.6. The van der Waals surface area contributed by atoms with Crippen molar-refractivity contribution in [1.82, 2.24) is 0 Å². The molecule has 7 heteroatoms. The van der Waals surface area contributed by atoms with E-state index in [0.29, 0.717) is 16.0 Å². The fourth-order valence-corrected chi connectivity index (χ4v) is 4.22. The Bertz CT molecular complexity index is 954. The van der Waals surface area contributed by atoms with Crippen LogP contribution in [0.2, 0.25) is 0 Å². The van der Waals surface area contributed by atoms with Gasteiger partial charge >= 0.3 is 6.18 Å². The Labute approximate surface area is 157 Å². The van der Waals surface area contributed by atoms with E-state index < -0.39 is 28.8 Å². The highest BCUT2D eigenvalue weighted by atomic mass is 32.2. The first-order valence-corrected chi connectivity index (χ1v) is 9.54. The van der Waals surface area contributed by atoms with Crippen molar-refractivity contribution in [1.29, 1.82) is 0 Å². The molecule has 1 N–H and O–H groups in total. The van der Waals surface area contributed by atoms with E-state index in [1.807, 2.05) is 18.2 Å². The van der Waals surface area contributed by atoms with Crippen molar-refractivity contribution < 1.29 is 22.1 Å². The van der Waals surface area contributed by atoms with Gasteiger partial charge in [0.15, 0.2) is 0 Å². The number of benzene rings is 3. The van der Waals surface area contributed by atoms with Gasteiger partial charge in [-0.3, -0.25) is 4.21 Å². The highest BCUT2D eigenvalue weighted by molar-refractivity contribution is 7.85. The predicted molar refractivity (Wildman–Crippen MR) is 102 cm³/mol. The second-order valence-corrected chi connectivity index (χ2v) is 7.39. The quantitative estimate of drug-likeness (QED) is 0.641. The first-order valence-electron chi connectivity index (χ1n) is 8.22. The molecule has 0 aliphatic rings. The van der Waals surface area contributed by atoms with Crippen LogP contribution in [0.5, 0.6) is 5.75 Å². The third-order valence-electron chi connectivity index (χ3n) is 4.14. The monoisotopic (exact) mass is 393 g/mol. The molecule has 3 nitrogen and oxygen atoms in total. The van der Waals surface area contributed by atoms with Crippen LogP contribution < -0.4 is 10.1 Å². The number of hydrogen-bond donors (Lipinski definition) is 1. The molecule has 27 heavy (non-hydrogen) atoms. The maximum Gasteiger partial charge on any atom is 0.409 e. The third-order valence-corrected chi connectivity index (χ3v) is 5.63. The van der Waals surface area contributed by atoms with Crippen LogP contribution in [0.25, 0.3) is 10.8 Å². The first kappa shape index (κ1) is 19.2. The molecule has 0 amide bonds. The number of anilines is 1. The molecule has 0 heterocycles. The van der Waals surface area contributed by atoms with Crippen molar-refractivity contribution in [2.75, 3.05) is 18.2 Å². The lowest BCUT2D eigenvalue weighted by Crippen LogP contribution is -2.40. The molecule has 3 aromatic rings. The number of hydrogen-bond acceptors (Lipinski definition) is 3. The summed E-state index contributed by atoms with van der Waals surface area (Å²) in [6, 6.07) is 16.7. The van der Waals surface area contributed by atoms with Crippen LogP contribution in [0.3, 0.4) is 0 Å². The zero-order valence-electron chi connectivity index (χ0n) is 14.5. The van der Waals surface area contributed by atoms with E-state index in [4.69, 9.17) is 4.74 Å². The van der Waals surface area contributed by atoms with Crippen LogP contribution >= 0.6 is 0 Å². The standard InChI is InChI=1S/C20H18F3NO2S/c1-26-17-11-5-4-10-16(17)24-19(20(21,22)23)13-27(25)18-12-6-8-14-7-2-3-9-15(14)18/h2-12,19,24H,13H2,1H3/t19-,27?/m1/s1. The summed E-state index contributed by atoms with van der Waals surface area (Å²) in [6.07, 6.45) is -4.57. The Balaban J connectivity index is 1.89. The molecule has 0 fully saturated rings. The van der Waals surface area contributed by atoms with Crippen molar-refractivity contribution in [3.63, 3.8) is 0 Å². The molecule has 0 aromatic heterocycles. The highest BCUT2D eigenvalue weighted by Crippen LogP contribution is 2.31. The fourth-order valence-electron chi connectivity index (χ4n) is 2.80. The van der Waals surface area contributed by atoms with Gasteiger partial charge in [-0.05, 0) is 29.0 Å². The van der Waals surface area contributed by atoms with Crippen molar-refractivity contribution in [2.45, 2.75) is 17.1 Å². The molecule has 3 aromatic carbocycles. The van der Waals surface area contributed by atoms with E-state index in [-0.39, 0.29) is 5.69 Å². The fraction of sp³-hybridized carbons (Fsp3) is 0.200. The Morgan fingerprint density at radius 2 is 1.67 bits per heavy atom. The second kappa shape index (κ2) is 8.00. The number of alkyl halides is 3. The Hall–Kier alpha value is -2.54. The summed E-state index contributed by atoms with van der Waals surface area (Å²) in [5, 5.41) is 3.97. The minimum Gasteiger partial charge on any atom is -0.495 e. The van der Waals surface area contributed by atoms with Crippen LogP contribution in [0.1, 0.15) is 0 Å². The van der Waals surface area contributed by atoms with Crippen molar-refractivity contribution in [3.8, 4) is 5.75 Å². The van der Waals surface area contributed by atoms with Crippen LogP contribution in [-0.4, -0.2) is 29.3 Å². The number of halogens is 3. The lowest BCUT2D eigenvalue weighted by Gasteiger charge is -2.23. The summed E-state index contributed by atoms with van der Waals surface area (Å²) in [7, 11) is -0.454. The van der Waals surface area contributed by atoms with Crippen molar-refractivity contribution in [3.05, 3.63) is 66.7 Å². The van der Waals surface area contributed by atoms with Crippen LogP contribution in [0.15, 0.2) is 71.6 Å². The number of para-hydroxylation sites is 2. The highest BCUT2D eigenvalue weighted by Gasteiger charge is 2.41. The average Bonchev–Trinajstić information content (AvgIpc) is 2.66. The summed E-state index contributed by atoms with van der Waals surface area (Å²) in [6.45, 7) is 0. The van der Waals surface area contributed by atoms with Crippen LogP contribution in [-0.2, 0) is 10.8 Å². The molecule has 3 rings (SSSR count). The zero-order valence-corrected chi connectivity index (χ0v) is 15.3. The van der Waals surface area contributed by atoms with Gasteiger partial charge in [-0.1, -0.05) is 48.5 Å². The van der Waals surface area contributed by atoms with Crippen molar-refractivity contribution >= 4 is 27.3 Å². The van der Waals surface area contributed by atoms with Gasteiger partial charge in [-0.2, -0.15) is 13.2 Å². The summed E-state index contributed by atoms with van der Waals surface area (Å²) in [5.41, 5.74) is 0.206. The summed E-state index contributed by atoms with van der Waals surface area (Å²) in [5.74, 6) is -0.307. The normalized spacial score (nSPS) is 13.9. The average molecular weight is 393 g/mol. The number of methoxy groups -OCH3 is 1. The molecular weight excluding hydrogens is 375 g/mol. The Kier molecular flexibility index (Phi) is 5.70. The summed E-state index contributed by atoms with van der Waals surface area (Å²) in [4.78, 5) is 0.393. The van der Waals surface area contributed by atoms with Gasteiger partial charge in [-0.25, -0.2) is 0 Å². The van der Waals surface area contributed by atoms with Gasteiger partial charge in [0, 0.05) is 4.90 Å². The van der Waals surface area contributed by atoms with Gasteiger partial charge in [0.1, 0.15) is 11.8 Å². The van der Waals surface area contributed by atoms with E-state index in [0.717, 1.165) is 5.39 Å². The Morgan fingerprint density at radius 3 is 2.41 bits per heavy atom. The van der Waals surface area contributed by atoms with E-state index in [9.17, 15) is 17.4 Å². The molecule has 142 valence electrons. The number of fused-ring (bicyclic) bond motifs is 1. The SMILES string of the molecule is COc1ccccc1N[C@H](CS(=O)c1cccc2ccccc12)C(F)(F)F. The minimum absolute atomic E-state index is 0.206. The van der Waals surface area contributed by atoms with Gasteiger partial charge in [-0.15, -0.1) is 0 Å². The number of rotatable bonds is 6. The number of nitrogens with one attached hydrogen (secondary N) is 1. The molecule has 0 bridgehead atoms. The number of ether oxygens (including phenoxy) is 1. The largest absolute Gasteiger partial charge is 0.495 e. The molecule has 2 atom stereocenters. The van der Waals surface area contributed by atoms with E-state index >= 15 is 0 Å². The molecule has 0 saturated heterocycles. The van der Waals surface area contributed by atoms with Crippen LogP contribution in [0, 0.1) is 0 Å². The molecule has 0 aliphatic heterocycles. The lowest BCUT2D eigenvalue weighted by atomic mass is 10.1. The van der Waals surface area contributed by atoms with Crippen molar-refractivity contribution in [2.24, 2.45) is 0 Å². The lowest BCUT2D eigenvalue weighted by molar-refractivity contribution is -0.137. The minimum atomic E-state index is -4.57. The van der Waals surface area contributed by atoms with Crippen LogP contribution in [0.4, 0.5) is 18.9 Å². The summed E-state index contributed by atoms with van der Waals surface area (Å²) < 4.78 is 58.7. The van der Waals surface area contributed by atoms with E-state index in [1.54, 1.807) is 42.5 Å². The van der Waals surface area contributed by atoms with Gasteiger partial charge in [0.2, 0.25) is 0 Å². The predicted octanol–water partition coefficient (Wildman–Crippen LogP) is 5.00. The van der Waals surface area contributed by atoms with Gasteiger partial charge < -0.3 is 10.1 Å². The summed E-state index contributed by atoms with van der Waals surface area (Å²) >= 11 is 0.